The monoisotopic (exact) mass is 446 g/mol. The fraction of sp³-hybridized carbons (Fsp3) is 0.160. The highest BCUT2D eigenvalue weighted by molar-refractivity contribution is 7.99. The van der Waals surface area contributed by atoms with E-state index in [1.165, 1.54) is 24.3 Å². The molecule has 0 radical (unpaired) electrons. The highest BCUT2D eigenvalue weighted by Gasteiger charge is 2.22. The molecule has 7 heteroatoms. The lowest BCUT2D eigenvalue weighted by molar-refractivity contribution is -0.384. The third-order valence-corrected chi connectivity index (χ3v) is 6.10. The van der Waals surface area contributed by atoms with Gasteiger partial charge in [-0.25, -0.2) is 0 Å². The van der Waals surface area contributed by atoms with E-state index in [4.69, 9.17) is 4.74 Å². The van der Waals surface area contributed by atoms with E-state index in [1.807, 2.05) is 31.3 Å². The zero-order chi connectivity index (χ0) is 22.7. The third kappa shape index (κ3) is 4.53. The van der Waals surface area contributed by atoms with Crippen molar-refractivity contribution in [3.8, 4) is 5.75 Å². The normalized spacial score (nSPS) is 12.3. The van der Waals surface area contributed by atoms with Gasteiger partial charge in [0.15, 0.2) is 0 Å². The van der Waals surface area contributed by atoms with Gasteiger partial charge in [0, 0.05) is 41.0 Å². The molecule has 0 saturated heterocycles. The molecule has 162 valence electrons. The van der Waals surface area contributed by atoms with Crippen molar-refractivity contribution >= 4 is 46.4 Å². The molecule has 1 heterocycles. The van der Waals surface area contributed by atoms with Gasteiger partial charge in [-0.3, -0.25) is 14.9 Å². The second-order valence-electron chi connectivity index (χ2n) is 7.30. The zero-order valence-electron chi connectivity index (χ0n) is 17.8. The van der Waals surface area contributed by atoms with Crippen LogP contribution in [0.2, 0.25) is 0 Å². The molecule has 6 nitrogen and oxygen atoms in total. The summed E-state index contributed by atoms with van der Waals surface area (Å²) < 4.78 is 5.48. The minimum atomic E-state index is -0.487. The quantitative estimate of drug-likeness (QED) is 0.145. The summed E-state index contributed by atoms with van der Waals surface area (Å²) in [5.41, 5.74) is 4.90. The molecular formula is C25H22N2O4S. The Balaban J connectivity index is 1.67. The number of para-hydroxylation sites is 1. The number of nitro groups is 1. The molecule has 0 bridgehead atoms. The number of hydrogen-bond donors (Lipinski definition) is 0. The highest BCUT2D eigenvalue weighted by atomic mass is 32.2. The van der Waals surface area contributed by atoms with Gasteiger partial charge < -0.3 is 9.64 Å². The van der Waals surface area contributed by atoms with E-state index in [0.717, 1.165) is 38.7 Å². The number of carbonyl (C=O) groups is 1. The number of rotatable bonds is 6. The van der Waals surface area contributed by atoms with Crippen LogP contribution in [0.15, 0.2) is 71.6 Å². The van der Waals surface area contributed by atoms with Crippen molar-refractivity contribution in [1.29, 1.82) is 0 Å². The second kappa shape index (κ2) is 9.28. The van der Waals surface area contributed by atoms with Gasteiger partial charge in [0.1, 0.15) is 5.75 Å². The molecule has 3 aromatic rings. The molecule has 0 aliphatic carbocycles. The minimum absolute atomic E-state index is 0.0502. The first-order valence-electron chi connectivity index (χ1n) is 10.2. The van der Waals surface area contributed by atoms with Crippen molar-refractivity contribution in [2.75, 3.05) is 17.7 Å². The molecular weight excluding hydrogens is 424 g/mol. The van der Waals surface area contributed by atoms with E-state index in [1.54, 1.807) is 11.8 Å². The topological polar surface area (TPSA) is 72.7 Å². The standard InChI is InChI=1S/C25H22N2O4S/c1-3-32-21-12-13-24-22(16-21)18(14-17-6-4-5-7-23(17)26(24)2)15-25(28)31-20-10-8-19(9-11-20)27(29)30/h4-14,16H,3,15H2,1-2H3. The Morgan fingerprint density at radius 1 is 1.06 bits per heavy atom. The van der Waals surface area contributed by atoms with E-state index in [0.29, 0.717) is 0 Å². The van der Waals surface area contributed by atoms with Crippen LogP contribution in [0.1, 0.15) is 24.5 Å². The average Bonchev–Trinajstić information content (AvgIpc) is 2.89. The lowest BCUT2D eigenvalue weighted by atomic mass is 9.99. The molecule has 1 aliphatic rings. The molecule has 0 spiro atoms. The van der Waals surface area contributed by atoms with Crippen molar-refractivity contribution in [3.05, 3.63) is 88.0 Å². The number of hydrogen-bond acceptors (Lipinski definition) is 6. The van der Waals surface area contributed by atoms with Crippen LogP contribution in [-0.2, 0) is 4.79 Å². The number of benzene rings is 3. The van der Waals surface area contributed by atoms with Crippen LogP contribution in [0, 0.1) is 10.1 Å². The van der Waals surface area contributed by atoms with E-state index in [-0.39, 0.29) is 17.9 Å². The summed E-state index contributed by atoms with van der Waals surface area (Å²) in [5.74, 6) is 0.810. The van der Waals surface area contributed by atoms with Crippen molar-refractivity contribution in [2.45, 2.75) is 18.2 Å². The molecule has 32 heavy (non-hydrogen) atoms. The Labute approximate surface area is 190 Å². The molecule has 0 fully saturated rings. The van der Waals surface area contributed by atoms with Crippen LogP contribution in [-0.4, -0.2) is 23.7 Å². The number of fused-ring (bicyclic) bond motifs is 2. The van der Waals surface area contributed by atoms with Gasteiger partial charge in [-0.15, -0.1) is 11.8 Å². The van der Waals surface area contributed by atoms with Gasteiger partial charge in [-0.05, 0) is 59.4 Å². The number of anilines is 2. The van der Waals surface area contributed by atoms with Crippen LogP contribution in [0.5, 0.6) is 5.75 Å². The SMILES string of the molecule is CCSc1ccc2c(c1)C(CC(=O)Oc1ccc([N+](=O)[O-])cc1)=Cc1ccccc1N2C. The number of thioether (sulfide) groups is 1. The summed E-state index contributed by atoms with van der Waals surface area (Å²) in [7, 11) is 2.02. The fourth-order valence-corrected chi connectivity index (χ4v) is 4.44. The Morgan fingerprint density at radius 2 is 1.81 bits per heavy atom. The molecule has 0 aromatic heterocycles. The van der Waals surface area contributed by atoms with E-state index in [2.05, 4.69) is 36.1 Å². The summed E-state index contributed by atoms with van der Waals surface area (Å²) in [6.07, 6.45) is 2.11. The average molecular weight is 447 g/mol. The van der Waals surface area contributed by atoms with Crippen LogP contribution in [0.25, 0.3) is 11.6 Å². The Morgan fingerprint density at radius 3 is 2.53 bits per heavy atom. The maximum absolute atomic E-state index is 12.8. The summed E-state index contributed by atoms with van der Waals surface area (Å²) >= 11 is 1.75. The molecule has 4 rings (SSSR count). The smallest absolute Gasteiger partial charge is 0.315 e. The zero-order valence-corrected chi connectivity index (χ0v) is 18.6. The molecule has 0 N–H and O–H groups in total. The first kappa shape index (κ1) is 21.6. The van der Waals surface area contributed by atoms with Gasteiger partial charge in [-0.2, -0.15) is 0 Å². The van der Waals surface area contributed by atoms with Gasteiger partial charge >= 0.3 is 5.97 Å². The van der Waals surface area contributed by atoms with Gasteiger partial charge in [0.05, 0.1) is 11.3 Å². The van der Waals surface area contributed by atoms with E-state index in [9.17, 15) is 14.9 Å². The highest BCUT2D eigenvalue weighted by Crippen LogP contribution is 2.41. The second-order valence-corrected chi connectivity index (χ2v) is 8.64. The lowest BCUT2D eigenvalue weighted by Gasteiger charge is -2.23. The number of nitrogens with zero attached hydrogens (tertiary/aromatic N) is 2. The molecule has 3 aromatic carbocycles. The maximum Gasteiger partial charge on any atom is 0.315 e. The Hall–Kier alpha value is -3.58. The Bertz CT molecular complexity index is 1200. The van der Waals surface area contributed by atoms with Crippen LogP contribution >= 0.6 is 11.8 Å². The van der Waals surface area contributed by atoms with E-state index >= 15 is 0 Å². The summed E-state index contributed by atoms with van der Waals surface area (Å²) in [6, 6.07) is 19.9. The number of nitro benzene ring substituents is 1. The number of carbonyl (C=O) groups excluding carboxylic acids is 1. The van der Waals surface area contributed by atoms with Crippen LogP contribution in [0.4, 0.5) is 17.1 Å². The number of ether oxygens (including phenoxy) is 1. The molecule has 0 unspecified atom stereocenters. The first-order valence-corrected chi connectivity index (χ1v) is 11.2. The van der Waals surface area contributed by atoms with Gasteiger partial charge in [-0.1, -0.05) is 25.1 Å². The van der Waals surface area contributed by atoms with Gasteiger partial charge in [0.25, 0.3) is 5.69 Å². The summed E-state index contributed by atoms with van der Waals surface area (Å²) in [4.78, 5) is 26.4. The van der Waals surface area contributed by atoms with Crippen molar-refractivity contribution < 1.29 is 14.5 Å². The number of esters is 1. The van der Waals surface area contributed by atoms with Crippen LogP contribution in [0.3, 0.4) is 0 Å². The predicted molar refractivity (Wildman–Crippen MR) is 129 cm³/mol. The fourth-order valence-electron chi connectivity index (χ4n) is 3.74. The summed E-state index contributed by atoms with van der Waals surface area (Å²) in [5, 5.41) is 10.8. The van der Waals surface area contributed by atoms with Crippen molar-refractivity contribution in [1.82, 2.24) is 0 Å². The predicted octanol–water partition coefficient (Wildman–Crippen LogP) is 6.32. The van der Waals surface area contributed by atoms with E-state index < -0.39 is 10.9 Å². The van der Waals surface area contributed by atoms with Crippen molar-refractivity contribution in [3.63, 3.8) is 0 Å². The largest absolute Gasteiger partial charge is 0.426 e. The van der Waals surface area contributed by atoms with Gasteiger partial charge in [0.2, 0.25) is 0 Å². The minimum Gasteiger partial charge on any atom is -0.426 e. The maximum atomic E-state index is 12.8. The molecule has 0 saturated carbocycles. The first-order chi connectivity index (χ1) is 15.5. The summed E-state index contributed by atoms with van der Waals surface area (Å²) in [6.45, 7) is 2.11. The van der Waals surface area contributed by atoms with Crippen LogP contribution < -0.4 is 9.64 Å². The lowest BCUT2D eigenvalue weighted by Crippen LogP contribution is -2.12. The van der Waals surface area contributed by atoms with Crippen molar-refractivity contribution in [2.24, 2.45) is 0 Å². The molecule has 0 atom stereocenters. The third-order valence-electron chi connectivity index (χ3n) is 5.23. The molecule has 1 aliphatic heterocycles. The Kier molecular flexibility index (Phi) is 6.28. The molecule has 0 amide bonds. The number of non-ortho nitro benzene ring substituents is 1.